The maximum absolute atomic E-state index is 11.3. The second-order valence-corrected chi connectivity index (χ2v) is 5.81. The van der Waals surface area contributed by atoms with E-state index in [0.717, 1.165) is 38.7 Å². The largest absolute Gasteiger partial charge is 0.367 e. The number of rotatable bonds is 2. The SMILES string of the molecule is CC1(c2noc(C3CCC(=O)CC3)n2)CCCCO1. The third-order valence-corrected chi connectivity index (χ3v) is 4.28. The summed E-state index contributed by atoms with van der Waals surface area (Å²) in [5.74, 6) is 1.93. The van der Waals surface area contributed by atoms with Crippen LogP contribution in [-0.2, 0) is 15.1 Å². The van der Waals surface area contributed by atoms with E-state index in [1.165, 1.54) is 0 Å². The van der Waals surface area contributed by atoms with Crippen molar-refractivity contribution in [2.24, 2.45) is 0 Å². The van der Waals surface area contributed by atoms with Gasteiger partial charge >= 0.3 is 0 Å². The summed E-state index contributed by atoms with van der Waals surface area (Å²) in [7, 11) is 0. The molecule has 1 saturated carbocycles. The molecule has 104 valence electrons. The van der Waals surface area contributed by atoms with Gasteiger partial charge in [-0.2, -0.15) is 4.98 Å². The Labute approximate surface area is 112 Å². The van der Waals surface area contributed by atoms with Gasteiger partial charge in [0.1, 0.15) is 11.4 Å². The monoisotopic (exact) mass is 264 g/mol. The third kappa shape index (κ3) is 2.56. The van der Waals surface area contributed by atoms with Crippen LogP contribution in [0.1, 0.15) is 69.5 Å². The van der Waals surface area contributed by atoms with Crippen LogP contribution in [0.5, 0.6) is 0 Å². The van der Waals surface area contributed by atoms with Crippen LogP contribution in [-0.4, -0.2) is 22.5 Å². The first-order valence-electron chi connectivity index (χ1n) is 7.17. The van der Waals surface area contributed by atoms with E-state index in [0.29, 0.717) is 30.3 Å². The summed E-state index contributed by atoms with van der Waals surface area (Å²) in [6.07, 6.45) is 6.11. The van der Waals surface area contributed by atoms with Gasteiger partial charge in [-0.05, 0) is 39.0 Å². The lowest BCUT2D eigenvalue weighted by Crippen LogP contribution is -2.31. The fourth-order valence-electron chi connectivity index (χ4n) is 2.91. The summed E-state index contributed by atoms with van der Waals surface area (Å²) in [5, 5.41) is 4.11. The highest BCUT2D eigenvalue weighted by Crippen LogP contribution is 2.35. The molecule has 1 saturated heterocycles. The van der Waals surface area contributed by atoms with E-state index in [1.54, 1.807) is 0 Å². The Kier molecular flexibility index (Phi) is 3.39. The normalized spacial score (nSPS) is 29.6. The van der Waals surface area contributed by atoms with Gasteiger partial charge in [0.2, 0.25) is 11.7 Å². The highest BCUT2D eigenvalue weighted by molar-refractivity contribution is 5.79. The number of carbonyl (C=O) groups is 1. The van der Waals surface area contributed by atoms with Crippen molar-refractivity contribution < 1.29 is 14.1 Å². The highest BCUT2D eigenvalue weighted by atomic mass is 16.5. The fourth-order valence-corrected chi connectivity index (χ4v) is 2.91. The van der Waals surface area contributed by atoms with Gasteiger partial charge in [0, 0.05) is 25.4 Å². The van der Waals surface area contributed by atoms with Crippen molar-refractivity contribution in [2.75, 3.05) is 6.61 Å². The lowest BCUT2D eigenvalue weighted by molar-refractivity contribution is -0.120. The number of Topliss-reactive ketones (excluding diaryl/α,β-unsaturated/α-hetero) is 1. The molecule has 5 heteroatoms. The number of ketones is 1. The molecule has 0 spiro atoms. The van der Waals surface area contributed by atoms with Crippen molar-refractivity contribution in [1.82, 2.24) is 10.1 Å². The van der Waals surface area contributed by atoms with Gasteiger partial charge in [-0.3, -0.25) is 4.79 Å². The number of hydrogen-bond acceptors (Lipinski definition) is 5. The Morgan fingerprint density at radius 2 is 2.05 bits per heavy atom. The lowest BCUT2D eigenvalue weighted by Gasteiger charge is -2.30. The lowest BCUT2D eigenvalue weighted by atomic mass is 9.88. The van der Waals surface area contributed by atoms with Gasteiger partial charge in [-0.15, -0.1) is 0 Å². The van der Waals surface area contributed by atoms with Gasteiger partial charge in [-0.25, -0.2) is 0 Å². The van der Waals surface area contributed by atoms with E-state index in [4.69, 9.17) is 9.26 Å². The van der Waals surface area contributed by atoms with Crippen LogP contribution >= 0.6 is 0 Å². The number of hydrogen-bond donors (Lipinski definition) is 0. The van der Waals surface area contributed by atoms with Gasteiger partial charge in [0.15, 0.2) is 0 Å². The second-order valence-electron chi connectivity index (χ2n) is 5.81. The Balaban J connectivity index is 1.73. The first-order valence-corrected chi connectivity index (χ1v) is 7.17. The predicted molar refractivity (Wildman–Crippen MR) is 67.7 cm³/mol. The van der Waals surface area contributed by atoms with Crippen molar-refractivity contribution in [3.63, 3.8) is 0 Å². The van der Waals surface area contributed by atoms with E-state index in [-0.39, 0.29) is 5.92 Å². The van der Waals surface area contributed by atoms with E-state index in [1.807, 2.05) is 6.92 Å². The third-order valence-electron chi connectivity index (χ3n) is 4.28. The average molecular weight is 264 g/mol. The minimum absolute atomic E-state index is 0.242. The molecule has 2 heterocycles. The molecule has 3 rings (SSSR count). The maximum Gasteiger partial charge on any atom is 0.229 e. The Morgan fingerprint density at radius 1 is 1.26 bits per heavy atom. The predicted octanol–water partition coefficient (Wildman–Crippen LogP) is 2.71. The summed E-state index contributed by atoms with van der Waals surface area (Å²) in [4.78, 5) is 15.8. The van der Waals surface area contributed by atoms with Crippen LogP contribution in [0.2, 0.25) is 0 Å². The molecule has 1 atom stereocenters. The van der Waals surface area contributed by atoms with Gasteiger partial charge in [0.05, 0.1) is 0 Å². The molecule has 2 aliphatic rings. The molecule has 5 nitrogen and oxygen atoms in total. The van der Waals surface area contributed by atoms with E-state index < -0.39 is 5.60 Å². The molecule has 0 radical (unpaired) electrons. The van der Waals surface area contributed by atoms with Crippen LogP contribution < -0.4 is 0 Å². The van der Waals surface area contributed by atoms with Crippen LogP contribution in [0.4, 0.5) is 0 Å². The van der Waals surface area contributed by atoms with Crippen LogP contribution in [0.25, 0.3) is 0 Å². The fraction of sp³-hybridized carbons (Fsp3) is 0.786. The van der Waals surface area contributed by atoms with Crippen molar-refractivity contribution in [3.05, 3.63) is 11.7 Å². The van der Waals surface area contributed by atoms with Crippen LogP contribution in [0.3, 0.4) is 0 Å². The summed E-state index contributed by atoms with van der Waals surface area (Å²) >= 11 is 0. The molecule has 19 heavy (non-hydrogen) atoms. The van der Waals surface area contributed by atoms with Gasteiger partial charge in [0.25, 0.3) is 0 Å². The number of carbonyl (C=O) groups excluding carboxylic acids is 1. The van der Waals surface area contributed by atoms with Crippen LogP contribution in [0, 0.1) is 0 Å². The molecule has 0 amide bonds. The number of aromatic nitrogens is 2. The summed E-state index contributed by atoms with van der Waals surface area (Å²) in [5.41, 5.74) is -0.398. The topological polar surface area (TPSA) is 65.2 Å². The molecular formula is C14H20N2O3. The smallest absolute Gasteiger partial charge is 0.229 e. The highest BCUT2D eigenvalue weighted by Gasteiger charge is 2.36. The molecular weight excluding hydrogens is 244 g/mol. The minimum atomic E-state index is -0.398. The minimum Gasteiger partial charge on any atom is -0.367 e. The first kappa shape index (κ1) is 12.8. The van der Waals surface area contributed by atoms with Crippen molar-refractivity contribution in [2.45, 2.75) is 63.4 Å². The summed E-state index contributed by atoms with van der Waals surface area (Å²) in [6.45, 7) is 2.80. The summed E-state index contributed by atoms with van der Waals surface area (Å²) < 4.78 is 11.2. The molecule has 2 fully saturated rings. The molecule has 1 aliphatic heterocycles. The Morgan fingerprint density at radius 3 is 2.74 bits per heavy atom. The van der Waals surface area contributed by atoms with E-state index in [9.17, 15) is 4.79 Å². The second kappa shape index (κ2) is 5.04. The molecule has 1 aromatic rings. The first-order chi connectivity index (χ1) is 9.17. The number of ether oxygens (including phenoxy) is 1. The van der Waals surface area contributed by atoms with Crippen LogP contribution in [0.15, 0.2) is 4.52 Å². The molecule has 0 aromatic carbocycles. The van der Waals surface area contributed by atoms with Gasteiger partial charge in [-0.1, -0.05) is 5.16 Å². The zero-order valence-electron chi connectivity index (χ0n) is 11.4. The maximum atomic E-state index is 11.3. The molecule has 1 aliphatic carbocycles. The standard InChI is InChI=1S/C14H20N2O3/c1-14(8-2-3-9-18-14)13-15-12(19-16-13)10-4-6-11(17)7-5-10/h10H,2-9H2,1H3. The number of nitrogens with zero attached hydrogens (tertiary/aromatic N) is 2. The molecule has 1 unspecified atom stereocenters. The molecule has 0 bridgehead atoms. The van der Waals surface area contributed by atoms with Crippen molar-refractivity contribution >= 4 is 5.78 Å². The van der Waals surface area contributed by atoms with Crippen molar-refractivity contribution in [1.29, 1.82) is 0 Å². The summed E-state index contributed by atoms with van der Waals surface area (Å²) in [6, 6.07) is 0. The van der Waals surface area contributed by atoms with Crippen molar-refractivity contribution in [3.8, 4) is 0 Å². The van der Waals surface area contributed by atoms with E-state index >= 15 is 0 Å². The van der Waals surface area contributed by atoms with E-state index in [2.05, 4.69) is 10.1 Å². The zero-order chi connectivity index (χ0) is 13.3. The molecule has 0 N–H and O–H groups in total. The molecule has 1 aromatic heterocycles. The quantitative estimate of drug-likeness (QED) is 0.821. The Bertz CT molecular complexity index is 453. The van der Waals surface area contributed by atoms with Gasteiger partial charge < -0.3 is 9.26 Å². The zero-order valence-corrected chi connectivity index (χ0v) is 11.4. The average Bonchev–Trinajstić information content (AvgIpc) is 2.91. The Hall–Kier alpha value is -1.23.